The van der Waals surface area contributed by atoms with E-state index in [1.807, 2.05) is 14.1 Å². The van der Waals surface area contributed by atoms with Gasteiger partial charge in [-0.2, -0.15) is 4.39 Å². The summed E-state index contributed by atoms with van der Waals surface area (Å²) in [5, 5.41) is 22.3. The highest BCUT2D eigenvalue weighted by Gasteiger charge is 2.31. The third-order valence-electron chi connectivity index (χ3n) is 4.56. The van der Waals surface area contributed by atoms with E-state index >= 15 is 0 Å². The lowest BCUT2D eigenvalue weighted by atomic mass is 9.89. The van der Waals surface area contributed by atoms with Gasteiger partial charge in [0.2, 0.25) is 5.95 Å². The Labute approximate surface area is 172 Å². The van der Waals surface area contributed by atoms with Crippen molar-refractivity contribution < 1.29 is 23.8 Å². The van der Waals surface area contributed by atoms with Crippen molar-refractivity contribution in [1.29, 1.82) is 0 Å². The molecule has 1 saturated carbocycles. The number of hydrogen-bond acceptors (Lipinski definition) is 8. The Morgan fingerprint density at radius 2 is 2.00 bits per heavy atom. The second kappa shape index (κ2) is 9.44. The number of carboxylic acids is 1. The molecule has 0 unspecified atom stereocenters. The Kier molecular flexibility index (Phi) is 6.72. The molecule has 2 aromatic rings. The molecule has 0 radical (unpaired) electrons. The third kappa shape index (κ3) is 5.60. The van der Waals surface area contributed by atoms with Gasteiger partial charge in [-0.1, -0.05) is 0 Å². The molecule has 11 heteroatoms. The summed E-state index contributed by atoms with van der Waals surface area (Å²) >= 11 is 0. The van der Waals surface area contributed by atoms with Gasteiger partial charge in [-0.25, -0.2) is 4.98 Å². The largest absolute Gasteiger partial charge is 0.481 e. The molecule has 1 fully saturated rings. The topological polar surface area (TPSA) is 130 Å². The summed E-state index contributed by atoms with van der Waals surface area (Å²) in [5.41, 5.74) is 0.171. The first-order chi connectivity index (χ1) is 14.3. The number of pyridine rings is 1. The van der Waals surface area contributed by atoms with E-state index in [4.69, 9.17) is 9.84 Å². The zero-order valence-electron chi connectivity index (χ0n) is 16.6. The summed E-state index contributed by atoms with van der Waals surface area (Å²) in [7, 11) is 3.65. The molecule has 1 amide bonds. The number of amides is 1. The number of carboxylic acid groups (broad SMARTS) is 1. The number of ether oxygens (including phenoxy) is 1. The van der Waals surface area contributed by atoms with Crippen LogP contribution >= 0.6 is 0 Å². The van der Waals surface area contributed by atoms with Gasteiger partial charge >= 0.3 is 5.97 Å². The summed E-state index contributed by atoms with van der Waals surface area (Å²) < 4.78 is 19.1. The van der Waals surface area contributed by atoms with Gasteiger partial charge in [0.05, 0.1) is 24.7 Å². The average Bonchev–Trinajstić information content (AvgIpc) is 2.66. The molecule has 0 saturated heterocycles. The van der Waals surface area contributed by atoms with E-state index in [1.54, 1.807) is 17.0 Å². The van der Waals surface area contributed by atoms with Crippen LogP contribution in [0.5, 0.6) is 0 Å². The second-order valence-corrected chi connectivity index (χ2v) is 7.10. The molecule has 2 aromatic heterocycles. The van der Waals surface area contributed by atoms with E-state index in [0.717, 1.165) is 6.07 Å². The van der Waals surface area contributed by atoms with Gasteiger partial charge < -0.3 is 25.4 Å². The van der Waals surface area contributed by atoms with Gasteiger partial charge in [0.25, 0.3) is 5.91 Å². The van der Waals surface area contributed by atoms with Crippen molar-refractivity contribution in [2.75, 3.05) is 36.2 Å². The average molecular weight is 418 g/mol. The molecule has 3 rings (SSSR count). The molecule has 1 aliphatic carbocycles. The summed E-state index contributed by atoms with van der Waals surface area (Å²) in [6.07, 6.45) is 1.09. The fraction of sp³-hybridized carbons (Fsp3) is 0.421. The zero-order valence-corrected chi connectivity index (χ0v) is 16.6. The van der Waals surface area contributed by atoms with Crippen molar-refractivity contribution in [2.45, 2.75) is 31.4 Å². The van der Waals surface area contributed by atoms with Crippen molar-refractivity contribution in [3.8, 4) is 0 Å². The molecule has 10 nitrogen and oxygen atoms in total. The molecule has 0 spiro atoms. The van der Waals surface area contributed by atoms with Gasteiger partial charge in [-0.3, -0.25) is 9.59 Å². The van der Waals surface area contributed by atoms with Crippen molar-refractivity contribution in [3.63, 3.8) is 0 Å². The Morgan fingerprint density at radius 3 is 2.63 bits per heavy atom. The number of anilines is 3. The third-order valence-corrected chi connectivity index (χ3v) is 4.56. The molecule has 160 valence electrons. The van der Waals surface area contributed by atoms with Crippen LogP contribution in [0.3, 0.4) is 0 Å². The van der Waals surface area contributed by atoms with Crippen LogP contribution in [-0.2, 0) is 9.53 Å². The van der Waals surface area contributed by atoms with E-state index in [2.05, 4.69) is 25.8 Å². The van der Waals surface area contributed by atoms with Crippen LogP contribution in [0.1, 0.15) is 29.6 Å². The number of halogens is 1. The van der Waals surface area contributed by atoms with Gasteiger partial charge in [0.15, 0.2) is 11.6 Å². The summed E-state index contributed by atoms with van der Waals surface area (Å²) in [5.74, 6) is -1.09. The monoisotopic (exact) mass is 418 g/mol. The molecule has 0 atom stereocenters. The van der Waals surface area contributed by atoms with Crippen LogP contribution < -0.4 is 15.5 Å². The Morgan fingerprint density at radius 1 is 1.23 bits per heavy atom. The number of aromatic nitrogens is 3. The molecule has 0 bridgehead atoms. The molecule has 2 heterocycles. The number of nitrogens with one attached hydrogen (secondary N) is 2. The minimum absolute atomic E-state index is 0.0528. The maximum atomic E-state index is 13.7. The Balaban J connectivity index is 1.60. The maximum absolute atomic E-state index is 13.7. The maximum Gasteiger partial charge on any atom is 0.305 e. The van der Waals surface area contributed by atoms with Crippen molar-refractivity contribution >= 4 is 29.3 Å². The number of hydrogen-bond donors (Lipinski definition) is 3. The normalized spacial score (nSPS) is 17.7. The van der Waals surface area contributed by atoms with Crippen molar-refractivity contribution in [3.05, 3.63) is 35.8 Å². The first-order valence-corrected chi connectivity index (χ1v) is 9.40. The minimum atomic E-state index is -0.912. The fourth-order valence-corrected chi connectivity index (χ4v) is 2.87. The first-order valence-electron chi connectivity index (χ1n) is 9.40. The van der Waals surface area contributed by atoms with Crippen LogP contribution in [0.2, 0.25) is 0 Å². The standard InChI is InChI=1S/C19H23FN6O4/c1-26(2)16-6-5-15(24-25-16)23-19(29)13-3-4-14(20)22-18(13)21-11-9-12(10-11)30-8-7-17(27)28/h3-6,11-12H,7-10H2,1-2H3,(H,21,22)(H,27,28)(H,23,24,29). The molecule has 0 aliphatic heterocycles. The quantitative estimate of drug-likeness (QED) is 0.522. The molecule has 0 aromatic carbocycles. The predicted molar refractivity (Wildman–Crippen MR) is 107 cm³/mol. The highest BCUT2D eigenvalue weighted by Crippen LogP contribution is 2.28. The molecule has 1 aliphatic rings. The van der Waals surface area contributed by atoms with Crippen LogP contribution in [0.4, 0.5) is 21.8 Å². The number of rotatable bonds is 9. The van der Waals surface area contributed by atoms with E-state index in [0.29, 0.717) is 18.7 Å². The van der Waals surface area contributed by atoms with Crippen LogP contribution in [0, 0.1) is 5.95 Å². The number of carbonyl (C=O) groups excluding carboxylic acids is 1. The molecular weight excluding hydrogens is 395 g/mol. The van der Waals surface area contributed by atoms with Gasteiger partial charge in [0.1, 0.15) is 5.82 Å². The first kappa shape index (κ1) is 21.4. The summed E-state index contributed by atoms with van der Waals surface area (Å²) in [6, 6.07) is 5.74. The van der Waals surface area contributed by atoms with Crippen LogP contribution in [0.15, 0.2) is 24.3 Å². The summed E-state index contributed by atoms with van der Waals surface area (Å²) in [4.78, 5) is 28.8. The molecule has 30 heavy (non-hydrogen) atoms. The van der Waals surface area contributed by atoms with E-state index < -0.39 is 17.8 Å². The Bertz CT molecular complexity index is 902. The van der Waals surface area contributed by atoms with Gasteiger partial charge in [-0.15, -0.1) is 10.2 Å². The highest BCUT2D eigenvalue weighted by molar-refractivity contribution is 6.07. The van der Waals surface area contributed by atoms with Crippen molar-refractivity contribution in [2.24, 2.45) is 0 Å². The van der Waals surface area contributed by atoms with Gasteiger partial charge in [0, 0.05) is 20.1 Å². The lowest BCUT2D eigenvalue weighted by molar-refractivity contribution is -0.139. The predicted octanol–water partition coefficient (Wildman–Crippen LogP) is 1.76. The number of nitrogens with zero attached hydrogens (tertiary/aromatic N) is 4. The lowest BCUT2D eigenvalue weighted by Gasteiger charge is -2.36. The smallest absolute Gasteiger partial charge is 0.305 e. The zero-order chi connectivity index (χ0) is 21.7. The van der Waals surface area contributed by atoms with Crippen LogP contribution in [0.25, 0.3) is 0 Å². The SMILES string of the molecule is CN(C)c1ccc(NC(=O)c2ccc(F)nc2NC2CC(OCCC(=O)O)C2)nn1. The van der Waals surface area contributed by atoms with E-state index in [-0.39, 0.29) is 42.4 Å². The second-order valence-electron chi connectivity index (χ2n) is 7.10. The van der Waals surface area contributed by atoms with Crippen molar-refractivity contribution in [1.82, 2.24) is 15.2 Å². The van der Waals surface area contributed by atoms with Gasteiger partial charge in [-0.05, 0) is 37.1 Å². The molecular formula is C19H23FN6O4. The number of aliphatic carboxylic acids is 1. The Hall–Kier alpha value is -3.34. The number of carbonyl (C=O) groups is 2. The highest BCUT2D eigenvalue weighted by atomic mass is 19.1. The summed E-state index contributed by atoms with van der Waals surface area (Å²) in [6.45, 7) is 0.145. The van der Waals surface area contributed by atoms with E-state index in [1.165, 1.54) is 6.07 Å². The van der Waals surface area contributed by atoms with E-state index in [9.17, 15) is 14.0 Å². The fourth-order valence-electron chi connectivity index (χ4n) is 2.87. The minimum Gasteiger partial charge on any atom is -0.481 e. The molecule has 3 N–H and O–H groups in total. The van der Waals surface area contributed by atoms with Crippen LogP contribution in [-0.4, -0.2) is 65.0 Å². The lowest BCUT2D eigenvalue weighted by Crippen LogP contribution is -2.41.